The number of aliphatic carboxylic acids is 1. The Morgan fingerprint density at radius 2 is 2.14 bits per heavy atom. The molecule has 3 atom stereocenters. The van der Waals surface area contributed by atoms with Gasteiger partial charge in [0.25, 0.3) is 0 Å². The molecule has 1 fully saturated rings. The van der Waals surface area contributed by atoms with Gasteiger partial charge in [-0.15, -0.1) is 0 Å². The normalized spacial score (nSPS) is 32.4. The molecule has 0 amide bonds. The number of rotatable bonds is 4. The van der Waals surface area contributed by atoms with E-state index in [-0.39, 0.29) is 6.04 Å². The van der Waals surface area contributed by atoms with Crippen molar-refractivity contribution in [3.63, 3.8) is 0 Å². The van der Waals surface area contributed by atoms with E-state index in [0.29, 0.717) is 11.8 Å². The molecule has 1 aliphatic rings. The molecular formula is C9H15F2NO2. The minimum absolute atomic E-state index is 0.0372. The lowest BCUT2D eigenvalue weighted by Crippen LogP contribution is -2.52. The topological polar surface area (TPSA) is 49.3 Å². The van der Waals surface area contributed by atoms with E-state index in [0.717, 1.165) is 6.42 Å². The summed E-state index contributed by atoms with van der Waals surface area (Å²) < 4.78 is 25.3. The Hall–Kier alpha value is -0.710. The van der Waals surface area contributed by atoms with Crippen LogP contribution in [0.4, 0.5) is 8.78 Å². The van der Waals surface area contributed by atoms with Gasteiger partial charge in [-0.25, -0.2) is 4.79 Å². The largest absolute Gasteiger partial charge is 0.477 e. The minimum atomic E-state index is -3.65. The van der Waals surface area contributed by atoms with Crippen LogP contribution in [0.2, 0.25) is 0 Å². The van der Waals surface area contributed by atoms with E-state index < -0.39 is 18.4 Å². The number of carbonyl (C=O) groups is 1. The molecule has 3 nitrogen and oxygen atoms in total. The summed E-state index contributed by atoms with van der Waals surface area (Å²) in [5, 5.41) is 10.8. The highest BCUT2D eigenvalue weighted by molar-refractivity contribution is 5.75. The van der Waals surface area contributed by atoms with Gasteiger partial charge in [0.1, 0.15) is 0 Å². The summed E-state index contributed by atoms with van der Waals surface area (Å²) in [6, 6.07) is 0.0372. The van der Waals surface area contributed by atoms with Gasteiger partial charge < -0.3 is 10.4 Å². The first kappa shape index (κ1) is 11.4. The van der Waals surface area contributed by atoms with Crippen molar-refractivity contribution in [3.8, 4) is 0 Å². The molecule has 0 aliphatic heterocycles. The lowest BCUT2D eigenvalue weighted by Gasteiger charge is -2.41. The van der Waals surface area contributed by atoms with Gasteiger partial charge in [0.15, 0.2) is 0 Å². The zero-order valence-corrected chi connectivity index (χ0v) is 8.26. The van der Waals surface area contributed by atoms with Crippen molar-refractivity contribution in [1.82, 2.24) is 5.32 Å². The molecule has 1 saturated carbocycles. The lowest BCUT2D eigenvalue weighted by molar-refractivity contribution is -0.164. The smallest absolute Gasteiger partial charge is 0.375 e. The first-order chi connectivity index (χ1) is 6.34. The fourth-order valence-electron chi connectivity index (χ4n) is 1.63. The first-order valence-corrected chi connectivity index (χ1v) is 4.69. The second-order valence-corrected chi connectivity index (χ2v) is 4.07. The van der Waals surface area contributed by atoms with Crippen LogP contribution in [0.15, 0.2) is 0 Å². The Morgan fingerprint density at radius 3 is 2.50 bits per heavy atom. The molecule has 5 heteroatoms. The maximum Gasteiger partial charge on any atom is 0.375 e. The Bertz CT molecular complexity index is 233. The highest BCUT2D eigenvalue weighted by atomic mass is 19.3. The molecule has 2 N–H and O–H groups in total. The summed E-state index contributed by atoms with van der Waals surface area (Å²) in [5.41, 5.74) is 0. The van der Waals surface area contributed by atoms with Crippen LogP contribution in [-0.2, 0) is 4.79 Å². The van der Waals surface area contributed by atoms with E-state index in [4.69, 9.17) is 5.11 Å². The lowest BCUT2D eigenvalue weighted by atomic mass is 9.71. The van der Waals surface area contributed by atoms with Crippen molar-refractivity contribution in [2.75, 3.05) is 6.54 Å². The molecule has 0 bridgehead atoms. The molecule has 1 rings (SSSR count). The average Bonchev–Trinajstić information content (AvgIpc) is 2.11. The van der Waals surface area contributed by atoms with Crippen molar-refractivity contribution >= 4 is 5.97 Å². The van der Waals surface area contributed by atoms with Gasteiger partial charge in [0, 0.05) is 6.04 Å². The second-order valence-electron chi connectivity index (χ2n) is 4.07. The Morgan fingerprint density at radius 1 is 1.57 bits per heavy atom. The number of halogens is 2. The number of hydrogen-bond acceptors (Lipinski definition) is 2. The van der Waals surface area contributed by atoms with Gasteiger partial charge in [0.05, 0.1) is 6.54 Å². The maximum atomic E-state index is 12.6. The van der Waals surface area contributed by atoms with E-state index in [2.05, 4.69) is 12.2 Å². The second kappa shape index (κ2) is 3.81. The van der Waals surface area contributed by atoms with Gasteiger partial charge in [-0.2, -0.15) is 8.78 Å². The fourth-order valence-corrected chi connectivity index (χ4v) is 1.63. The van der Waals surface area contributed by atoms with E-state index in [1.165, 1.54) is 0 Å². The van der Waals surface area contributed by atoms with Crippen molar-refractivity contribution in [1.29, 1.82) is 0 Å². The summed E-state index contributed by atoms with van der Waals surface area (Å²) in [5.74, 6) is -4.84. The highest BCUT2D eigenvalue weighted by Gasteiger charge is 2.41. The molecule has 14 heavy (non-hydrogen) atoms. The standard InChI is InChI=1S/C9H15F2NO2/c1-5-3-7(6(5)2)12-4-9(10,11)8(13)14/h5-7,12H,3-4H2,1-2H3,(H,13,14). The van der Waals surface area contributed by atoms with Gasteiger partial charge in [-0.3, -0.25) is 0 Å². The maximum absolute atomic E-state index is 12.6. The molecular weight excluding hydrogens is 192 g/mol. The van der Waals surface area contributed by atoms with Crippen LogP contribution >= 0.6 is 0 Å². The van der Waals surface area contributed by atoms with E-state index in [1.807, 2.05) is 6.92 Å². The summed E-state index contributed by atoms with van der Waals surface area (Å²) >= 11 is 0. The SMILES string of the molecule is CC1CC(NCC(F)(F)C(=O)O)C1C. The number of carboxylic acid groups (broad SMARTS) is 1. The van der Waals surface area contributed by atoms with Crippen molar-refractivity contribution in [2.45, 2.75) is 32.2 Å². The van der Waals surface area contributed by atoms with Crippen molar-refractivity contribution in [2.24, 2.45) is 11.8 Å². The molecule has 1 aliphatic carbocycles. The molecule has 0 saturated heterocycles. The van der Waals surface area contributed by atoms with E-state index in [9.17, 15) is 13.6 Å². The van der Waals surface area contributed by atoms with Gasteiger partial charge >= 0.3 is 11.9 Å². The molecule has 0 radical (unpaired) electrons. The minimum Gasteiger partial charge on any atom is -0.477 e. The molecule has 3 unspecified atom stereocenters. The zero-order chi connectivity index (χ0) is 10.9. The zero-order valence-electron chi connectivity index (χ0n) is 8.26. The third-order valence-electron chi connectivity index (χ3n) is 3.06. The molecule has 0 aromatic heterocycles. The molecule has 0 heterocycles. The molecule has 82 valence electrons. The number of carboxylic acids is 1. The number of nitrogens with one attached hydrogen (secondary N) is 1. The van der Waals surface area contributed by atoms with Crippen LogP contribution in [0.3, 0.4) is 0 Å². The summed E-state index contributed by atoms with van der Waals surface area (Å²) in [4.78, 5) is 10.1. The molecule has 0 aromatic carbocycles. The van der Waals surface area contributed by atoms with Gasteiger partial charge in [-0.05, 0) is 18.3 Å². The van der Waals surface area contributed by atoms with Crippen LogP contribution in [-0.4, -0.2) is 29.6 Å². The van der Waals surface area contributed by atoms with E-state index >= 15 is 0 Å². The Balaban J connectivity index is 2.31. The monoisotopic (exact) mass is 207 g/mol. The number of hydrogen-bond donors (Lipinski definition) is 2. The van der Waals surface area contributed by atoms with Crippen LogP contribution in [0.1, 0.15) is 20.3 Å². The summed E-state index contributed by atoms with van der Waals surface area (Å²) in [7, 11) is 0. The van der Waals surface area contributed by atoms with E-state index in [1.54, 1.807) is 0 Å². The molecule has 0 spiro atoms. The predicted octanol–water partition coefficient (Wildman–Crippen LogP) is 1.34. The van der Waals surface area contributed by atoms with Crippen LogP contribution < -0.4 is 5.32 Å². The fraction of sp³-hybridized carbons (Fsp3) is 0.889. The first-order valence-electron chi connectivity index (χ1n) is 4.69. The average molecular weight is 207 g/mol. The van der Waals surface area contributed by atoms with Crippen LogP contribution in [0, 0.1) is 11.8 Å². The van der Waals surface area contributed by atoms with Gasteiger partial charge in [0.2, 0.25) is 0 Å². The summed E-state index contributed by atoms with van der Waals surface area (Å²) in [6.07, 6.45) is 0.844. The van der Waals surface area contributed by atoms with Gasteiger partial charge in [-0.1, -0.05) is 13.8 Å². The highest BCUT2D eigenvalue weighted by Crippen LogP contribution is 2.33. The van der Waals surface area contributed by atoms with Crippen molar-refractivity contribution < 1.29 is 18.7 Å². The quantitative estimate of drug-likeness (QED) is 0.731. The Kier molecular flexibility index (Phi) is 3.09. The Labute approximate surface area is 81.5 Å². The molecule has 0 aromatic rings. The van der Waals surface area contributed by atoms with Crippen molar-refractivity contribution in [3.05, 3.63) is 0 Å². The predicted molar refractivity (Wildman–Crippen MR) is 47.3 cm³/mol. The van der Waals surface area contributed by atoms with Crippen LogP contribution in [0.25, 0.3) is 0 Å². The van der Waals surface area contributed by atoms with Crippen LogP contribution in [0.5, 0.6) is 0 Å². The third kappa shape index (κ3) is 2.20. The summed E-state index contributed by atoms with van der Waals surface area (Å²) in [6.45, 7) is 3.26. The number of alkyl halides is 2. The third-order valence-corrected chi connectivity index (χ3v) is 3.06.